The number of nitrogens with one attached hydrogen (secondary N) is 1. The van der Waals surface area contributed by atoms with Gasteiger partial charge in [-0.3, -0.25) is 4.79 Å². The Labute approximate surface area is 105 Å². The molecule has 1 aromatic rings. The number of hydrogen-bond donors (Lipinski definition) is 2. The smallest absolute Gasteiger partial charge is 0.337 e. The lowest BCUT2D eigenvalue weighted by Crippen LogP contribution is -2.32. The lowest BCUT2D eigenvalue weighted by molar-refractivity contribution is -0.115. The molecule has 7 heteroatoms. The van der Waals surface area contributed by atoms with Crippen molar-refractivity contribution in [3.8, 4) is 0 Å². The zero-order valence-electron chi connectivity index (χ0n) is 9.88. The van der Waals surface area contributed by atoms with E-state index in [1.165, 1.54) is 25.1 Å². The number of aromatic carboxylic acids is 1. The van der Waals surface area contributed by atoms with Crippen LogP contribution in [0.5, 0.6) is 0 Å². The zero-order valence-corrected chi connectivity index (χ0v) is 10.7. The second kappa shape index (κ2) is 5.18. The molecule has 1 amide bonds. The number of carbonyl (C=O) groups excluding carboxylic acids is 1. The number of carboxylic acid groups (broad SMARTS) is 1. The molecule has 18 heavy (non-hydrogen) atoms. The highest BCUT2D eigenvalue weighted by molar-refractivity contribution is 7.92. The average Bonchev–Trinajstić information content (AvgIpc) is 2.27. The fraction of sp³-hybridized carbons (Fsp3) is 0.273. The van der Waals surface area contributed by atoms with Gasteiger partial charge in [-0.1, -0.05) is 12.1 Å². The van der Waals surface area contributed by atoms with E-state index in [9.17, 15) is 18.0 Å². The number of anilines is 1. The van der Waals surface area contributed by atoms with Crippen molar-refractivity contribution in [2.45, 2.75) is 12.2 Å². The summed E-state index contributed by atoms with van der Waals surface area (Å²) in [4.78, 5) is 22.6. The normalized spacial score (nSPS) is 12.8. The number of hydrogen-bond acceptors (Lipinski definition) is 4. The number of sulfone groups is 1. The molecule has 0 aliphatic rings. The first-order chi connectivity index (χ1) is 8.23. The Morgan fingerprint density at radius 2 is 1.83 bits per heavy atom. The van der Waals surface area contributed by atoms with Crippen molar-refractivity contribution in [3.05, 3.63) is 29.8 Å². The molecule has 0 saturated heterocycles. The number of benzene rings is 1. The van der Waals surface area contributed by atoms with Crippen molar-refractivity contribution in [3.63, 3.8) is 0 Å². The largest absolute Gasteiger partial charge is 0.478 e. The molecule has 0 spiro atoms. The number of amides is 1. The minimum absolute atomic E-state index is 0.0745. The summed E-state index contributed by atoms with van der Waals surface area (Å²) in [7, 11) is -3.51. The molecule has 0 saturated carbocycles. The molecule has 1 aromatic carbocycles. The van der Waals surface area contributed by atoms with Gasteiger partial charge in [0, 0.05) is 6.26 Å². The third-order valence-electron chi connectivity index (χ3n) is 2.43. The van der Waals surface area contributed by atoms with Crippen LogP contribution in [0.3, 0.4) is 0 Å². The van der Waals surface area contributed by atoms with Crippen molar-refractivity contribution in [2.75, 3.05) is 11.6 Å². The first kappa shape index (κ1) is 14.2. The summed E-state index contributed by atoms with van der Waals surface area (Å²) in [6, 6.07) is 5.78. The fourth-order valence-electron chi connectivity index (χ4n) is 1.21. The standard InChI is InChI=1S/C11H13NO5S/c1-7(18(2,16)17)10(13)12-9-6-4-3-5-8(9)11(14)15/h3-7H,1-2H3,(H,12,13)(H,14,15). The van der Waals surface area contributed by atoms with Crippen LogP contribution in [0.2, 0.25) is 0 Å². The predicted molar refractivity (Wildman–Crippen MR) is 66.3 cm³/mol. The van der Waals surface area contributed by atoms with Crippen molar-refractivity contribution >= 4 is 27.4 Å². The van der Waals surface area contributed by atoms with E-state index in [1.807, 2.05) is 0 Å². The number of carbonyl (C=O) groups is 2. The Bertz CT molecular complexity index is 579. The van der Waals surface area contributed by atoms with Crippen LogP contribution in [-0.4, -0.2) is 36.9 Å². The van der Waals surface area contributed by atoms with Crippen LogP contribution >= 0.6 is 0 Å². The van der Waals surface area contributed by atoms with E-state index in [0.717, 1.165) is 6.26 Å². The summed E-state index contributed by atoms with van der Waals surface area (Å²) in [5.41, 5.74) is -0.0166. The lowest BCUT2D eigenvalue weighted by atomic mass is 10.2. The van der Waals surface area contributed by atoms with Crippen LogP contribution in [0.4, 0.5) is 5.69 Å². The van der Waals surface area contributed by atoms with Gasteiger partial charge < -0.3 is 10.4 Å². The van der Waals surface area contributed by atoms with Crippen molar-refractivity contribution in [2.24, 2.45) is 0 Å². The van der Waals surface area contributed by atoms with E-state index in [4.69, 9.17) is 5.11 Å². The summed E-state index contributed by atoms with van der Waals surface area (Å²) in [5, 5.41) is 9.97. The molecule has 2 N–H and O–H groups in total. The van der Waals surface area contributed by atoms with E-state index in [-0.39, 0.29) is 11.3 Å². The molecule has 0 bridgehead atoms. The highest BCUT2D eigenvalue weighted by Crippen LogP contribution is 2.15. The minimum Gasteiger partial charge on any atom is -0.478 e. The molecule has 98 valence electrons. The van der Waals surface area contributed by atoms with Gasteiger partial charge in [-0.15, -0.1) is 0 Å². The van der Waals surface area contributed by atoms with E-state index < -0.39 is 27.0 Å². The summed E-state index contributed by atoms with van der Waals surface area (Å²) >= 11 is 0. The highest BCUT2D eigenvalue weighted by atomic mass is 32.2. The Morgan fingerprint density at radius 3 is 2.33 bits per heavy atom. The first-order valence-electron chi connectivity index (χ1n) is 5.05. The van der Waals surface area contributed by atoms with Gasteiger partial charge in [0.15, 0.2) is 9.84 Å². The van der Waals surface area contributed by atoms with Crippen LogP contribution in [0.25, 0.3) is 0 Å². The molecule has 0 radical (unpaired) electrons. The van der Waals surface area contributed by atoms with Crippen molar-refractivity contribution < 1.29 is 23.1 Å². The monoisotopic (exact) mass is 271 g/mol. The summed E-state index contributed by atoms with van der Waals surface area (Å²) in [6.07, 6.45) is 0.945. The number of para-hydroxylation sites is 1. The molecular weight excluding hydrogens is 258 g/mol. The predicted octanol–water partition coefficient (Wildman–Crippen LogP) is 0.756. The lowest BCUT2D eigenvalue weighted by Gasteiger charge is -2.12. The van der Waals surface area contributed by atoms with Gasteiger partial charge >= 0.3 is 5.97 Å². The molecule has 0 aromatic heterocycles. The number of carboxylic acids is 1. The minimum atomic E-state index is -3.51. The topological polar surface area (TPSA) is 101 Å². The van der Waals surface area contributed by atoms with Crippen LogP contribution in [0, 0.1) is 0 Å². The van der Waals surface area contributed by atoms with Crippen LogP contribution in [0.1, 0.15) is 17.3 Å². The molecule has 6 nitrogen and oxygen atoms in total. The zero-order chi connectivity index (χ0) is 13.9. The fourth-order valence-corrected chi connectivity index (χ4v) is 1.66. The van der Waals surface area contributed by atoms with Gasteiger partial charge in [-0.25, -0.2) is 13.2 Å². The maximum atomic E-state index is 11.7. The molecular formula is C11H13NO5S. The molecule has 1 rings (SSSR count). The molecule has 1 unspecified atom stereocenters. The van der Waals surface area contributed by atoms with Gasteiger partial charge in [0.05, 0.1) is 11.3 Å². The Morgan fingerprint density at radius 1 is 1.28 bits per heavy atom. The third kappa shape index (κ3) is 3.30. The first-order valence-corrected chi connectivity index (χ1v) is 7.01. The number of rotatable bonds is 4. The maximum absolute atomic E-state index is 11.7. The molecule has 0 heterocycles. The quantitative estimate of drug-likeness (QED) is 0.841. The van der Waals surface area contributed by atoms with E-state index in [2.05, 4.69) is 5.32 Å². The van der Waals surface area contributed by atoms with Gasteiger partial charge in [-0.05, 0) is 19.1 Å². The van der Waals surface area contributed by atoms with E-state index >= 15 is 0 Å². The SMILES string of the molecule is CC(C(=O)Nc1ccccc1C(=O)O)S(C)(=O)=O. The average molecular weight is 271 g/mol. The molecule has 1 atom stereocenters. The van der Waals surface area contributed by atoms with Crippen LogP contribution < -0.4 is 5.32 Å². The van der Waals surface area contributed by atoms with Crippen molar-refractivity contribution in [1.29, 1.82) is 0 Å². The van der Waals surface area contributed by atoms with Crippen molar-refractivity contribution in [1.82, 2.24) is 0 Å². The van der Waals surface area contributed by atoms with Gasteiger partial charge in [0.25, 0.3) is 0 Å². The van der Waals surface area contributed by atoms with E-state index in [1.54, 1.807) is 6.07 Å². The third-order valence-corrected chi connectivity index (χ3v) is 3.93. The Kier molecular flexibility index (Phi) is 4.07. The summed E-state index contributed by atoms with van der Waals surface area (Å²) < 4.78 is 22.4. The maximum Gasteiger partial charge on any atom is 0.337 e. The van der Waals surface area contributed by atoms with Crippen LogP contribution in [-0.2, 0) is 14.6 Å². The summed E-state index contributed by atoms with van der Waals surface area (Å²) in [6.45, 7) is 1.24. The van der Waals surface area contributed by atoms with Crippen LogP contribution in [0.15, 0.2) is 24.3 Å². The van der Waals surface area contributed by atoms with E-state index in [0.29, 0.717) is 0 Å². The second-order valence-corrected chi connectivity index (χ2v) is 6.18. The summed E-state index contributed by atoms with van der Waals surface area (Å²) in [5.74, 6) is -1.95. The van der Waals surface area contributed by atoms with Gasteiger partial charge in [0.1, 0.15) is 5.25 Å². The Hall–Kier alpha value is -1.89. The van der Waals surface area contributed by atoms with Gasteiger partial charge in [-0.2, -0.15) is 0 Å². The highest BCUT2D eigenvalue weighted by Gasteiger charge is 2.24. The molecule has 0 aliphatic heterocycles. The molecule has 0 aliphatic carbocycles. The molecule has 0 fully saturated rings. The Balaban J connectivity index is 2.99. The van der Waals surface area contributed by atoms with Gasteiger partial charge in [0.2, 0.25) is 5.91 Å². The second-order valence-electron chi connectivity index (χ2n) is 3.81.